The van der Waals surface area contributed by atoms with Crippen molar-refractivity contribution in [2.45, 2.75) is 53.0 Å². The largest absolute Gasteiger partial charge is 0.465 e. The molecule has 3 heteroatoms. The van der Waals surface area contributed by atoms with E-state index in [1.165, 1.54) is 0 Å². The van der Waals surface area contributed by atoms with Gasteiger partial charge in [-0.1, -0.05) is 27.7 Å². The Labute approximate surface area is 105 Å². The van der Waals surface area contributed by atoms with E-state index < -0.39 is 5.54 Å². The molecular weight excluding hydrogens is 214 g/mol. The van der Waals surface area contributed by atoms with E-state index in [2.05, 4.69) is 33.0 Å². The number of nitrogens with one attached hydrogen (secondary N) is 1. The predicted octanol–water partition coefficient (Wildman–Crippen LogP) is 2.60. The lowest BCUT2D eigenvalue weighted by molar-refractivity contribution is -0.159. The maximum Gasteiger partial charge on any atom is 0.326 e. The summed E-state index contributed by atoms with van der Waals surface area (Å²) in [5.41, 5.74) is -0.394. The second-order valence-electron chi connectivity index (χ2n) is 5.99. The third-order valence-corrected chi connectivity index (χ3v) is 3.68. The van der Waals surface area contributed by atoms with E-state index >= 15 is 0 Å². The molecule has 0 amide bonds. The molecule has 0 radical (unpaired) electrons. The number of hydrogen-bond acceptors (Lipinski definition) is 3. The summed E-state index contributed by atoms with van der Waals surface area (Å²) in [7, 11) is 0. The molecule has 0 spiro atoms. The molecule has 0 saturated heterocycles. The van der Waals surface area contributed by atoms with Crippen molar-refractivity contribution in [3.05, 3.63) is 0 Å². The monoisotopic (exact) mass is 241 g/mol. The van der Waals surface area contributed by atoms with Crippen molar-refractivity contribution in [1.82, 2.24) is 5.32 Å². The highest BCUT2D eigenvalue weighted by Gasteiger charge is 2.51. The van der Waals surface area contributed by atoms with Gasteiger partial charge in [0.2, 0.25) is 0 Å². The van der Waals surface area contributed by atoms with Gasteiger partial charge in [-0.2, -0.15) is 0 Å². The number of esters is 1. The van der Waals surface area contributed by atoms with Crippen LogP contribution in [0.15, 0.2) is 0 Å². The molecule has 0 aliphatic heterocycles. The predicted molar refractivity (Wildman–Crippen MR) is 69.8 cm³/mol. The van der Waals surface area contributed by atoms with Gasteiger partial charge in [-0.3, -0.25) is 4.79 Å². The Morgan fingerprint density at radius 1 is 1.35 bits per heavy atom. The molecule has 1 saturated carbocycles. The minimum Gasteiger partial charge on any atom is -0.465 e. The first kappa shape index (κ1) is 14.5. The van der Waals surface area contributed by atoms with Crippen LogP contribution in [0, 0.1) is 17.8 Å². The summed E-state index contributed by atoms with van der Waals surface area (Å²) in [4.78, 5) is 12.0. The maximum absolute atomic E-state index is 12.0. The molecule has 1 aliphatic rings. The summed E-state index contributed by atoms with van der Waals surface area (Å²) in [5, 5.41) is 3.43. The summed E-state index contributed by atoms with van der Waals surface area (Å²) < 4.78 is 5.21. The lowest BCUT2D eigenvalue weighted by Crippen LogP contribution is -2.62. The van der Waals surface area contributed by atoms with Crippen LogP contribution in [0.5, 0.6) is 0 Å². The van der Waals surface area contributed by atoms with Crippen LogP contribution in [-0.4, -0.2) is 24.7 Å². The van der Waals surface area contributed by atoms with Crippen molar-refractivity contribution < 1.29 is 9.53 Å². The number of carbonyl (C=O) groups excluding carboxylic acids is 1. The minimum atomic E-state index is -0.394. The molecule has 0 atom stereocenters. The Morgan fingerprint density at radius 3 is 2.35 bits per heavy atom. The van der Waals surface area contributed by atoms with Crippen LogP contribution in [0.2, 0.25) is 0 Å². The third kappa shape index (κ3) is 3.44. The number of hydrogen-bond donors (Lipinski definition) is 1. The van der Waals surface area contributed by atoms with Gasteiger partial charge < -0.3 is 10.1 Å². The topological polar surface area (TPSA) is 38.3 Å². The Hall–Kier alpha value is -0.570. The van der Waals surface area contributed by atoms with Gasteiger partial charge in [0, 0.05) is 0 Å². The van der Waals surface area contributed by atoms with E-state index in [0.29, 0.717) is 24.4 Å². The molecule has 0 aromatic rings. The van der Waals surface area contributed by atoms with Gasteiger partial charge in [-0.15, -0.1) is 0 Å². The molecule has 0 aromatic heterocycles. The van der Waals surface area contributed by atoms with Gasteiger partial charge in [-0.25, -0.2) is 0 Å². The first-order valence-corrected chi connectivity index (χ1v) is 6.83. The summed E-state index contributed by atoms with van der Waals surface area (Å²) in [6.07, 6.45) is 1.85. The van der Waals surface area contributed by atoms with E-state index in [4.69, 9.17) is 4.74 Å². The van der Waals surface area contributed by atoms with Crippen molar-refractivity contribution in [2.75, 3.05) is 13.2 Å². The molecule has 1 rings (SSSR count). The fourth-order valence-corrected chi connectivity index (χ4v) is 2.36. The summed E-state index contributed by atoms with van der Waals surface area (Å²) in [6.45, 7) is 12.0. The van der Waals surface area contributed by atoms with Gasteiger partial charge in [0.25, 0.3) is 0 Å². The average Bonchev–Trinajstić information content (AvgIpc) is 2.15. The van der Waals surface area contributed by atoms with Crippen LogP contribution < -0.4 is 5.32 Å². The SMILES string of the molecule is CCOC(=O)C1(NCC(C)C)CC(C(C)C)C1. The lowest BCUT2D eigenvalue weighted by Gasteiger charge is -2.48. The quantitative estimate of drug-likeness (QED) is 0.726. The average molecular weight is 241 g/mol. The highest BCUT2D eigenvalue weighted by atomic mass is 16.5. The molecule has 100 valence electrons. The number of ether oxygens (including phenoxy) is 1. The zero-order chi connectivity index (χ0) is 13.1. The first-order chi connectivity index (χ1) is 7.91. The van der Waals surface area contributed by atoms with Crippen LogP contribution >= 0.6 is 0 Å². The standard InChI is InChI=1S/C14H27NO2/c1-6-17-13(16)14(15-9-10(2)3)7-12(8-14)11(4)5/h10-12,15H,6-9H2,1-5H3. The molecule has 0 heterocycles. The Balaban J connectivity index is 2.58. The van der Waals surface area contributed by atoms with E-state index in [1.807, 2.05) is 6.92 Å². The second kappa shape index (κ2) is 5.85. The Kier molecular flexibility index (Phi) is 4.99. The van der Waals surface area contributed by atoms with E-state index in [1.54, 1.807) is 0 Å². The maximum atomic E-state index is 12.0. The van der Waals surface area contributed by atoms with Gasteiger partial charge >= 0.3 is 5.97 Å². The lowest BCUT2D eigenvalue weighted by atomic mass is 9.64. The fourth-order valence-electron chi connectivity index (χ4n) is 2.36. The smallest absolute Gasteiger partial charge is 0.326 e. The Bertz CT molecular complexity index is 249. The van der Waals surface area contributed by atoms with Crippen LogP contribution in [-0.2, 0) is 9.53 Å². The molecule has 1 fully saturated rings. The van der Waals surface area contributed by atoms with Crippen LogP contribution in [0.25, 0.3) is 0 Å². The normalized spacial score (nSPS) is 28.3. The van der Waals surface area contributed by atoms with Gasteiger partial charge in [0.15, 0.2) is 0 Å². The number of rotatable bonds is 6. The molecule has 0 unspecified atom stereocenters. The summed E-state index contributed by atoms with van der Waals surface area (Å²) >= 11 is 0. The Morgan fingerprint density at radius 2 is 1.94 bits per heavy atom. The van der Waals surface area contributed by atoms with Crippen molar-refractivity contribution in [1.29, 1.82) is 0 Å². The zero-order valence-electron chi connectivity index (χ0n) is 11.9. The van der Waals surface area contributed by atoms with Crippen LogP contribution in [0.3, 0.4) is 0 Å². The van der Waals surface area contributed by atoms with Crippen molar-refractivity contribution in [3.8, 4) is 0 Å². The minimum absolute atomic E-state index is 0.0578. The van der Waals surface area contributed by atoms with Crippen molar-refractivity contribution in [2.24, 2.45) is 17.8 Å². The highest BCUT2D eigenvalue weighted by Crippen LogP contribution is 2.43. The summed E-state index contributed by atoms with van der Waals surface area (Å²) in [6, 6.07) is 0. The van der Waals surface area contributed by atoms with E-state index in [0.717, 1.165) is 19.4 Å². The van der Waals surface area contributed by atoms with E-state index in [-0.39, 0.29) is 5.97 Å². The van der Waals surface area contributed by atoms with Gasteiger partial charge in [0.1, 0.15) is 5.54 Å². The molecule has 17 heavy (non-hydrogen) atoms. The second-order valence-corrected chi connectivity index (χ2v) is 5.99. The van der Waals surface area contributed by atoms with Gasteiger partial charge in [-0.05, 0) is 44.1 Å². The molecule has 1 N–H and O–H groups in total. The van der Waals surface area contributed by atoms with Gasteiger partial charge in [0.05, 0.1) is 6.61 Å². The first-order valence-electron chi connectivity index (χ1n) is 6.83. The van der Waals surface area contributed by atoms with E-state index in [9.17, 15) is 4.79 Å². The summed E-state index contributed by atoms with van der Waals surface area (Å²) in [5.74, 6) is 1.80. The molecule has 0 bridgehead atoms. The molecule has 0 aromatic carbocycles. The van der Waals surface area contributed by atoms with Crippen molar-refractivity contribution in [3.63, 3.8) is 0 Å². The molecule has 3 nitrogen and oxygen atoms in total. The molecular formula is C14H27NO2. The molecule has 1 aliphatic carbocycles. The number of carbonyl (C=O) groups is 1. The van der Waals surface area contributed by atoms with Crippen molar-refractivity contribution >= 4 is 5.97 Å². The highest BCUT2D eigenvalue weighted by molar-refractivity contribution is 5.82. The van der Waals surface area contributed by atoms with Crippen LogP contribution in [0.4, 0.5) is 0 Å². The third-order valence-electron chi connectivity index (χ3n) is 3.68. The fraction of sp³-hybridized carbons (Fsp3) is 0.929. The van der Waals surface area contributed by atoms with Crippen LogP contribution in [0.1, 0.15) is 47.5 Å². The zero-order valence-corrected chi connectivity index (χ0v) is 11.9.